The molecule has 0 saturated carbocycles. The van der Waals surface area contributed by atoms with E-state index < -0.39 is 0 Å². The summed E-state index contributed by atoms with van der Waals surface area (Å²) in [5, 5.41) is 20.6. The molecule has 3 heterocycles. The number of thioether (sulfide) groups is 1. The summed E-state index contributed by atoms with van der Waals surface area (Å²) in [6, 6.07) is 11.1. The van der Waals surface area contributed by atoms with E-state index in [0.717, 1.165) is 16.4 Å². The van der Waals surface area contributed by atoms with Crippen molar-refractivity contribution in [1.29, 1.82) is 5.26 Å². The highest BCUT2D eigenvalue weighted by atomic mass is 32.2. The van der Waals surface area contributed by atoms with Crippen LogP contribution >= 0.6 is 11.8 Å². The number of phenols is 1. The number of amides is 1. The number of carbonyl (C=O) groups excluding carboxylic acids is 1. The average Bonchev–Trinajstić information content (AvgIpc) is 3.23. The van der Waals surface area contributed by atoms with Gasteiger partial charge in [-0.25, -0.2) is 0 Å². The van der Waals surface area contributed by atoms with Crippen LogP contribution in [0.15, 0.2) is 51.6 Å². The molecule has 8 heteroatoms. The number of hydrogen-bond donors (Lipinski definition) is 1. The molecule has 29 heavy (non-hydrogen) atoms. The van der Waals surface area contributed by atoms with Gasteiger partial charge in [0, 0.05) is 12.3 Å². The van der Waals surface area contributed by atoms with Crippen molar-refractivity contribution in [3.05, 3.63) is 58.5 Å². The fourth-order valence-electron chi connectivity index (χ4n) is 3.63. The molecular formula is C21H21N3O4S. The molecule has 1 saturated heterocycles. The van der Waals surface area contributed by atoms with Gasteiger partial charge in [0.1, 0.15) is 5.76 Å². The molecule has 1 aromatic heterocycles. The molecule has 0 spiro atoms. The standard InChI is InChI=1S/C21H21N3O4S/c1-2-27-19-8-14(5-6-18(19)25)16-9-20(26)24-12-23(11-15-4-3-7-28-15)13-29-21(24)17(16)10-22/h3-8,16,25H,2,9,11-13H2,1H3/t16-/m1/s1. The lowest BCUT2D eigenvalue weighted by Crippen LogP contribution is -2.46. The van der Waals surface area contributed by atoms with Gasteiger partial charge in [-0.1, -0.05) is 17.8 Å². The molecule has 7 nitrogen and oxygen atoms in total. The maximum atomic E-state index is 12.9. The number of furan rings is 1. The van der Waals surface area contributed by atoms with E-state index in [-0.39, 0.29) is 24.0 Å². The minimum atomic E-state index is -0.345. The predicted octanol–water partition coefficient (Wildman–Crippen LogP) is 3.60. The second kappa shape index (κ2) is 8.23. The van der Waals surface area contributed by atoms with E-state index in [0.29, 0.717) is 37.0 Å². The van der Waals surface area contributed by atoms with E-state index in [1.54, 1.807) is 29.4 Å². The largest absolute Gasteiger partial charge is 0.504 e. The molecule has 1 N–H and O–H groups in total. The van der Waals surface area contributed by atoms with Crippen LogP contribution in [0, 0.1) is 11.3 Å². The van der Waals surface area contributed by atoms with Gasteiger partial charge in [0.25, 0.3) is 0 Å². The number of fused-ring (bicyclic) bond motifs is 1. The van der Waals surface area contributed by atoms with Gasteiger partial charge in [-0.2, -0.15) is 5.26 Å². The zero-order valence-electron chi connectivity index (χ0n) is 16.0. The second-order valence-electron chi connectivity index (χ2n) is 6.89. The third-order valence-corrected chi connectivity index (χ3v) is 6.20. The molecule has 1 atom stereocenters. The van der Waals surface area contributed by atoms with Crippen LogP contribution in [0.4, 0.5) is 0 Å². The van der Waals surface area contributed by atoms with E-state index in [1.165, 1.54) is 11.8 Å². The van der Waals surface area contributed by atoms with Gasteiger partial charge in [-0.3, -0.25) is 14.6 Å². The molecule has 4 rings (SSSR count). The Morgan fingerprint density at radius 2 is 2.28 bits per heavy atom. The number of hydrogen-bond acceptors (Lipinski definition) is 7. The lowest BCUT2D eigenvalue weighted by molar-refractivity contribution is -0.132. The van der Waals surface area contributed by atoms with Gasteiger partial charge in [-0.05, 0) is 36.8 Å². The average molecular weight is 411 g/mol. The Morgan fingerprint density at radius 1 is 1.41 bits per heavy atom. The van der Waals surface area contributed by atoms with Crippen LogP contribution < -0.4 is 4.74 Å². The Balaban J connectivity index is 1.61. The highest BCUT2D eigenvalue weighted by Gasteiger charge is 2.38. The molecule has 0 bridgehead atoms. The van der Waals surface area contributed by atoms with Crippen LogP contribution in [0.5, 0.6) is 11.5 Å². The van der Waals surface area contributed by atoms with Crippen molar-refractivity contribution >= 4 is 17.7 Å². The van der Waals surface area contributed by atoms with Crippen LogP contribution in [-0.4, -0.2) is 40.0 Å². The van der Waals surface area contributed by atoms with E-state index in [2.05, 4.69) is 11.0 Å². The fourth-order valence-corrected chi connectivity index (χ4v) is 4.77. The highest BCUT2D eigenvalue weighted by molar-refractivity contribution is 8.03. The van der Waals surface area contributed by atoms with E-state index in [1.807, 2.05) is 19.1 Å². The molecule has 2 aliphatic heterocycles. The van der Waals surface area contributed by atoms with E-state index >= 15 is 0 Å². The number of carbonyl (C=O) groups is 1. The summed E-state index contributed by atoms with van der Waals surface area (Å²) in [4.78, 5) is 16.7. The molecule has 0 radical (unpaired) electrons. The minimum Gasteiger partial charge on any atom is -0.504 e. The first-order chi connectivity index (χ1) is 14.1. The number of aromatic hydroxyl groups is 1. The third kappa shape index (κ3) is 3.84. The Kier molecular flexibility index (Phi) is 5.51. The van der Waals surface area contributed by atoms with Gasteiger partial charge in [0.2, 0.25) is 5.91 Å². The van der Waals surface area contributed by atoms with Gasteiger partial charge in [0.15, 0.2) is 11.5 Å². The van der Waals surface area contributed by atoms with Gasteiger partial charge >= 0.3 is 0 Å². The summed E-state index contributed by atoms with van der Waals surface area (Å²) in [7, 11) is 0. The number of benzene rings is 1. The zero-order chi connectivity index (χ0) is 20.4. The van der Waals surface area contributed by atoms with Gasteiger partial charge < -0.3 is 14.3 Å². The maximum absolute atomic E-state index is 12.9. The second-order valence-corrected chi connectivity index (χ2v) is 7.83. The van der Waals surface area contributed by atoms with Crippen molar-refractivity contribution < 1.29 is 19.1 Å². The van der Waals surface area contributed by atoms with E-state index in [9.17, 15) is 15.2 Å². The lowest BCUT2D eigenvalue weighted by atomic mass is 9.86. The Bertz CT molecular complexity index is 980. The third-order valence-electron chi connectivity index (χ3n) is 5.00. The number of nitrogens with zero attached hydrogens (tertiary/aromatic N) is 3. The number of ether oxygens (including phenoxy) is 1. The molecule has 1 fully saturated rings. The first-order valence-corrected chi connectivity index (χ1v) is 10.4. The molecule has 1 amide bonds. The smallest absolute Gasteiger partial charge is 0.229 e. The number of phenolic OH excluding ortho intramolecular Hbond substituents is 1. The summed E-state index contributed by atoms with van der Waals surface area (Å²) >= 11 is 1.50. The molecular weight excluding hydrogens is 390 g/mol. The van der Waals surface area contributed by atoms with E-state index in [4.69, 9.17) is 9.15 Å². The highest BCUT2D eigenvalue weighted by Crippen LogP contribution is 2.44. The summed E-state index contributed by atoms with van der Waals surface area (Å²) in [6.45, 7) is 3.30. The number of allylic oxidation sites excluding steroid dienone is 1. The number of rotatable bonds is 5. The summed E-state index contributed by atoms with van der Waals surface area (Å²) in [6.07, 6.45) is 1.84. The predicted molar refractivity (Wildman–Crippen MR) is 108 cm³/mol. The summed E-state index contributed by atoms with van der Waals surface area (Å²) in [5.41, 5.74) is 1.38. The van der Waals surface area contributed by atoms with Crippen molar-refractivity contribution in [3.8, 4) is 17.6 Å². The summed E-state index contributed by atoms with van der Waals surface area (Å²) < 4.78 is 10.9. The van der Waals surface area contributed by atoms with Crippen molar-refractivity contribution in [1.82, 2.24) is 9.80 Å². The number of nitriles is 1. The quantitative estimate of drug-likeness (QED) is 0.804. The molecule has 2 aromatic rings. The monoisotopic (exact) mass is 411 g/mol. The molecule has 0 aliphatic carbocycles. The SMILES string of the molecule is CCOc1cc([C@H]2CC(=O)N3CN(Cc4ccco4)CSC3=C2C#N)ccc1O. The Labute approximate surface area is 173 Å². The first kappa shape index (κ1) is 19.4. The van der Waals surface area contributed by atoms with Crippen molar-refractivity contribution in [2.24, 2.45) is 0 Å². The topological polar surface area (TPSA) is 89.9 Å². The van der Waals surface area contributed by atoms with Crippen LogP contribution in [0.25, 0.3) is 0 Å². The zero-order valence-corrected chi connectivity index (χ0v) is 16.8. The van der Waals surface area contributed by atoms with Gasteiger partial charge in [-0.15, -0.1) is 0 Å². The van der Waals surface area contributed by atoms with Crippen LogP contribution in [0.1, 0.15) is 30.6 Å². The minimum absolute atomic E-state index is 0.0216. The fraction of sp³-hybridized carbons (Fsp3) is 0.333. The molecule has 150 valence electrons. The van der Waals surface area contributed by atoms with Crippen molar-refractivity contribution in [3.63, 3.8) is 0 Å². The molecule has 1 aromatic carbocycles. The molecule has 2 aliphatic rings. The Hall–Kier alpha value is -2.89. The van der Waals surface area contributed by atoms with Crippen LogP contribution in [-0.2, 0) is 11.3 Å². The van der Waals surface area contributed by atoms with Crippen molar-refractivity contribution in [2.45, 2.75) is 25.8 Å². The maximum Gasteiger partial charge on any atom is 0.229 e. The van der Waals surface area contributed by atoms with Gasteiger partial charge in [0.05, 0.1) is 48.6 Å². The lowest BCUT2D eigenvalue weighted by Gasteiger charge is -2.41. The Morgan fingerprint density at radius 3 is 3.00 bits per heavy atom. The van der Waals surface area contributed by atoms with Crippen LogP contribution in [0.2, 0.25) is 0 Å². The van der Waals surface area contributed by atoms with Crippen LogP contribution in [0.3, 0.4) is 0 Å². The summed E-state index contributed by atoms with van der Waals surface area (Å²) in [5.74, 6) is 1.55. The molecule has 0 unspecified atom stereocenters. The normalized spacial score (nSPS) is 19.8. The first-order valence-electron chi connectivity index (χ1n) is 9.38. The van der Waals surface area contributed by atoms with Crippen molar-refractivity contribution in [2.75, 3.05) is 19.2 Å².